The van der Waals surface area contributed by atoms with E-state index in [2.05, 4.69) is 10.6 Å². The number of nitrogens with two attached hydrogens (primary N) is 1. The van der Waals surface area contributed by atoms with Crippen molar-refractivity contribution in [2.45, 2.75) is 32.7 Å². The quantitative estimate of drug-likeness (QED) is 0.727. The summed E-state index contributed by atoms with van der Waals surface area (Å²) in [5.74, 6) is -0.383. The summed E-state index contributed by atoms with van der Waals surface area (Å²) in [5.41, 5.74) is 6.83. The Hall–Kier alpha value is -1.88. The molecule has 0 aliphatic heterocycles. The molecule has 0 radical (unpaired) electrons. The zero-order valence-corrected chi connectivity index (χ0v) is 11.4. The molecule has 0 aliphatic carbocycles. The van der Waals surface area contributed by atoms with E-state index in [-0.39, 0.29) is 11.8 Å². The third-order valence-electron chi connectivity index (χ3n) is 2.67. The molecular formula is C14H21N3O2. The van der Waals surface area contributed by atoms with Gasteiger partial charge in [0.2, 0.25) is 5.91 Å². The maximum atomic E-state index is 11.8. The maximum absolute atomic E-state index is 11.8. The molecule has 5 nitrogen and oxygen atoms in total. The van der Waals surface area contributed by atoms with Gasteiger partial charge in [0.15, 0.2) is 0 Å². The van der Waals surface area contributed by atoms with Gasteiger partial charge in [-0.25, -0.2) is 0 Å². The molecule has 1 aromatic carbocycles. The average molecular weight is 263 g/mol. The van der Waals surface area contributed by atoms with E-state index in [1.165, 1.54) is 0 Å². The summed E-state index contributed by atoms with van der Waals surface area (Å²) in [6.45, 7) is 4.40. The van der Waals surface area contributed by atoms with Crippen molar-refractivity contribution >= 4 is 17.5 Å². The highest BCUT2D eigenvalue weighted by Gasteiger charge is 2.13. The number of hydrogen-bond donors (Lipinski definition) is 3. The molecule has 0 bridgehead atoms. The van der Waals surface area contributed by atoms with Crippen LogP contribution in [0.1, 0.15) is 37.0 Å². The Morgan fingerprint density at radius 2 is 2.05 bits per heavy atom. The molecule has 104 valence electrons. The van der Waals surface area contributed by atoms with E-state index < -0.39 is 6.04 Å². The molecule has 0 heterocycles. The highest BCUT2D eigenvalue weighted by molar-refractivity contribution is 5.98. The predicted molar refractivity (Wildman–Crippen MR) is 76.0 cm³/mol. The first kappa shape index (κ1) is 15.2. The molecule has 0 aliphatic rings. The zero-order chi connectivity index (χ0) is 14.3. The molecule has 2 amide bonds. The minimum Gasteiger partial charge on any atom is -0.352 e. The molecular weight excluding hydrogens is 242 g/mol. The van der Waals surface area contributed by atoms with E-state index in [0.29, 0.717) is 24.2 Å². The van der Waals surface area contributed by atoms with E-state index in [9.17, 15) is 9.59 Å². The Morgan fingerprint density at radius 1 is 1.32 bits per heavy atom. The van der Waals surface area contributed by atoms with Crippen LogP contribution in [-0.2, 0) is 4.79 Å². The largest absolute Gasteiger partial charge is 0.352 e. The molecule has 0 spiro atoms. The maximum Gasteiger partial charge on any atom is 0.251 e. The third-order valence-corrected chi connectivity index (χ3v) is 2.67. The molecule has 1 aromatic rings. The van der Waals surface area contributed by atoms with Crippen LogP contribution in [0.15, 0.2) is 24.3 Å². The predicted octanol–water partition coefficient (Wildman–Crippen LogP) is 1.50. The molecule has 5 heteroatoms. The van der Waals surface area contributed by atoms with Crippen LogP contribution < -0.4 is 16.4 Å². The minimum absolute atomic E-state index is 0.156. The van der Waals surface area contributed by atoms with Crippen LogP contribution in [0, 0.1) is 0 Å². The first-order valence-electron chi connectivity index (χ1n) is 6.53. The smallest absolute Gasteiger partial charge is 0.251 e. The average Bonchev–Trinajstić information content (AvgIpc) is 2.39. The molecule has 0 saturated heterocycles. The van der Waals surface area contributed by atoms with E-state index in [1.54, 1.807) is 24.3 Å². The van der Waals surface area contributed by atoms with Gasteiger partial charge >= 0.3 is 0 Å². The van der Waals surface area contributed by atoms with Crippen molar-refractivity contribution in [2.24, 2.45) is 5.73 Å². The second-order valence-corrected chi connectivity index (χ2v) is 4.32. The van der Waals surface area contributed by atoms with E-state index >= 15 is 0 Å². The summed E-state index contributed by atoms with van der Waals surface area (Å²) < 4.78 is 0. The van der Waals surface area contributed by atoms with Gasteiger partial charge in [-0.3, -0.25) is 9.59 Å². The van der Waals surface area contributed by atoms with Crippen molar-refractivity contribution in [3.8, 4) is 0 Å². The van der Waals surface area contributed by atoms with Gasteiger partial charge < -0.3 is 16.4 Å². The molecule has 0 unspecified atom stereocenters. The zero-order valence-electron chi connectivity index (χ0n) is 11.4. The van der Waals surface area contributed by atoms with Crippen molar-refractivity contribution in [3.63, 3.8) is 0 Å². The number of benzene rings is 1. The first-order valence-corrected chi connectivity index (χ1v) is 6.53. The van der Waals surface area contributed by atoms with Crippen LogP contribution >= 0.6 is 0 Å². The van der Waals surface area contributed by atoms with Gasteiger partial charge in [-0.05, 0) is 31.5 Å². The number of carbonyl (C=O) groups is 2. The number of nitrogens with one attached hydrogen (secondary N) is 2. The SMILES string of the molecule is CCC[C@H](N)C(=O)Nc1cccc(C(=O)NCC)c1. The summed E-state index contributed by atoms with van der Waals surface area (Å²) in [5, 5.41) is 5.43. The second kappa shape index (κ2) is 7.53. The topological polar surface area (TPSA) is 84.2 Å². The molecule has 4 N–H and O–H groups in total. The van der Waals surface area contributed by atoms with E-state index in [0.717, 1.165) is 6.42 Å². The normalized spacial score (nSPS) is 11.7. The first-order chi connectivity index (χ1) is 9.08. The van der Waals surface area contributed by atoms with Gasteiger partial charge in [0.25, 0.3) is 5.91 Å². The van der Waals surface area contributed by atoms with Gasteiger partial charge in [0, 0.05) is 17.8 Å². The number of hydrogen-bond acceptors (Lipinski definition) is 3. The number of rotatable bonds is 6. The Balaban J connectivity index is 2.72. The molecule has 0 fully saturated rings. The minimum atomic E-state index is -0.516. The van der Waals surface area contributed by atoms with Crippen molar-refractivity contribution in [1.82, 2.24) is 5.32 Å². The molecule has 1 rings (SSSR count). The summed E-state index contributed by atoms with van der Waals surface area (Å²) in [6, 6.07) is 6.29. The molecule has 0 aromatic heterocycles. The van der Waals surface area contributed by atoms with Crippen LogP contribution in [0.2, 0.25) is 0 Å². The van der Waals surface area contributed by atoms with Crippen LogP contribution in [-0.4, -0.2) is 24.4 Å². The van der Waals surface area contributed by atoms with Crippen molar-refractivity contribution in [3.05, 3.63) is 29.8 Å². The Labute approximate surface area is 113 Å². The lowest BCUT2D eigenvalue weighted by Gasteiger charge is -2.12. The van der Waals surface area contributed by atoms with Gasteiger partial charge in [0.05, 0.1) is 6.04 Å². The fourth-order valence-corrected chi connectivity index (χ4v) is 1.68. The van der Waals surface area contributed by atoms with E-state index in [4.69, 9.17) is 5.73 Å². The molecule has 1 atom stereocenters. The Bertz CT molecular complexity index is 446. The standard InChI is InChI=1S/C14H21N3O2/c1-3-6-12(15)14(19)17-11-8-5-7-10(9-11)13(18)16-4-2/h5,7-9,12H,3-4,6,15H2,1-2H3,(H,16,18)(H,17,19)/t12-/m0/s1. The summed E-state index contributed by atoms with van der Waals surface area (Å²) in [6.07, 6.45) is 1.50. The lowest BCUT2D eigenvalue weighted by molar-refractivity contribution is -0.117. The van der Waals surface area contributed by atoms with Crippen LogP contribution in [0.4, 0.5) is 5.69 Å². The number of amides is 2. The third kappa shape index (κ3) is 4.71. The summed E-state index contributed by atoms with van der Waals surface area (Å²) >= 11 is 0. The van der Waals surface area contributed by atoms with Crippen LogP contribution in [0.25, 0.3) is 0 Å². The summed E-state index contributed by atoms with van der Waals surface area (Å²) in [7, 11) is 0. The Kier molecular flexibility index (Phi) is 6.02. The van der Waals surface area contributed by atoms with Crippen LogP contribution in [0.3, 0.4) is 0 Å². The highest BCUT2D eigenvalue weighted by Crippen LogP contribution is 2.11. The fraction of sp³-hybridized carbons (Fsp3) is 0.429. The lowest BCUT2D eigenvalue weighted by Crippen LogP contribution is -2.35. The lowest BCUT2D eigenvalue weighted by atomic mass is 10.1. The highest BCUT2D eigenvalue weighted by atomic mass is 16.2. The number of carbonyl (C=O) groups excluding carboxylic acids is 2. The van der Waals surface area contributed by atoms with Gasteiger partial charge in [0.1, 0.15) is 0 Å². The van der Waals surface area contributed by atoms with Gasteiger partial charge in [-0.2, -0.15) is 0 Å². The van der Waals surface area contributed by atoms with Crippen LogP contribution in [0.5, 0.6) is 0 Å². The van der Waals surface area contributed by atoms with Crippen molar-refractivity contribution in [2.75, 3.05) is 11.9 Å². The number of anilines is 1. The molecule has 19 heavy (non-hydrogen) atoms. The monoisotopic (exact) mass is 263 g/mol. The Morgan fingerprint density at radius 3 is 2.68 bits per heavy atom. The van der Waals surface area contributed by atoms with Crippen molar-refractivity contribution < 1.29 is 9.59 Å². The van der Waals surface area contributed by atoms with E-state index in [1.807, 2.05) is 13.8 Å². The summed E-state index contributed by atoms with van der Waals surface area (Å²) in [4.78, 5) is 23.4. The van der Waals surface area contributed by atoms with Gasteiger partial charge in [-0.1, -0.05) is 19.4 Å². The molecule has 0 saturated carbocycles. The fourth-order valence-electron chi connectivity index (χ4n) is 1.68. The van der Waals surface area contributed by atoms with Gasteiger partial charge in [-0.15, -0.1) is 0 Å². The second-order valence-electron chi connectivity index (χ2n) is 4.32. The van der Waals surface area contributed by atoms with Crippen molar-refractivity contribution in [1.29, 1.82) is 0 Å².